The lowest BCUT2D eigenvalue weighted by Gasteiger charge is -2.05. The van der Waals surface area contributed by atoms with E-state index in [0.717, 1.165) is 40.2 Å². The predicted molar refractivity (Wildman–Crippen MR) is 76.6 cm³/mol. The summed E-state index contributed by atoms with van der Waals surface area (Å²) in [5.74, 6) is 2.36. The third kappa shape index (κ3) is 1.80. The Morgan fingerprint density at radius 1 is 1.05 bits per heavy atom. The fourth-order valence-corrected chi connectivity index (χ4v) is 2.55. The molecule has 4 heteroatoms. The molecule has 2 aliphatic heterocycles. The molecule has 0 radical (unpaired) electrons. The summed E-state index contributed by atoms with van der Waals surface area (Å²) in [6.45, 7) is 3.11. The van der Waals surface area contributed by atoms with Crippen molar-refractivity contribution < 1.29 is 14.2 Å². The van der Waals surface area contributed by atoms with Crippen LogP contribution in [0.4, 0.5) is 0 Å². The predicted octanol–water partition coefficient (Wildman–Crippen LogP) is 3.12. The molecule has 0 aromatic heterocycles. The van der Waals surface area contributed by atoms with Crippen molar-refractivity contribution in [3.8, 4) is 11.5 Å². The van der Waals surface area contributed by atoms with Crippen LogP contribution >= 0.6 is 0 Å². The highest BCUT2D eigenvalue weighted by Crippen LogP contribution is 2.36. The van der Waals surface area contributed by atoms with Gasteiger partial charge in [0.15, 0.2) is 11.5 Å². The molecule has 2 aliphatic rings. The topological polar surface area (TPSA) is 40.0 Å². The Morgan fingerprint density at radius 3 is 2.60 bits per heavy atom. The minimum absolute atomic E-state index is 0.289. The smallest absolute Gasteiger partial charge is 0.231 e. The SMILES string of the molecule is CC[C@H]1COC(c2ccc3cc4c(cc3c2)OCO4)=N1. The second kappa shape index (κ2) is 4.40. The molecule has 4 nitrogen and oxygen atoms in total. The Balaban J connectivity index is 1.77. The maximum Gasteiger partial charge on any atom is 0.231 e. The van der Waals surface area contributed by atoms with Crippen LogP contribution in [0.15, 0.2) is 35.3 Å². The number of aliphatic imine (C=N–C) groups is 1. The molecule has 4 rings (SSSR count). The van der Waals surface area contributed by atoms with Crippen molar-refractivity contribution in [1.82, 2.24) is 0 Å². The number of hydrogen-bond donors (Lipinski definition) is 0. The number of rotatable bonds is 2. The third-order valence-electron chi connectivity index (χ3n) is 3.76. The van der Waals surface area contributed by atoms with Crippen LogP contribution in [0.3, 0.4) is 0 Å². The van der Waals surface area contributed by atoms with Crippen molar-refractivity contribution in [2.45, 2.75) is 19.4 Å². The molecule has 0 unspecified atom stereocenters. The molecule has 0 bridgehead atoms. The Labute approximate surface area is 117 Å². The second-order valence-electron chi connectivity index (χ2n) is 5.07. The number of ether oxygens (including phenoxy) is 3. The average molecular weight is 269 g/mol. The third-order valence-corrected chi connectivity index (χ3v) is 3.76. The van der Waals surface area contributed by atoms with Gasteiger partial charge in [0.05, 0.1) is 6.04 Å². The molecule has 102 valence electrons. The van der Waals surface area contributed by atoms with Gasteiger partial charge in [0.1, 0.15) is 6.61 Å². The first-order valence-electron chi connectivity index (χ1n) is 6.88. The first-order valence-corrected chi connectivity index (χ1v) is 6.88. The van der Waals surface area contributed by atoms with Gasteiger partial charge >= 0.3 is 0 Å². The number of fused-ring (bicyclic) bond motifs is 2. The lowest BCUT2D eigenvalue weighted by atomic mass is 10.1. The summed E-state index contributed by atoms with van der Waals surface area (Å²) < 4.78 is 16.5. The average Bonchev–Trinajstić information content (AvgIpc) is 3.12. The molecule has 2 aromatic rings. The molecule has 0 saturated heterocycles. The van der Waals surface area contributed by atoms with Crippen molar-refractivity contribution in [3.63, 3.8) is 0 Å². The van der Waals surface area contributed by atoms with Gasteiger partial charge in [-0.3, -0.25) is 0 Å². The summed E-state index contributed by atoms with van der Waals surface area (Å²) in [6.07, 6.45) is 1.01. The molecule has 0 N–H and O–H groups in total. The van der Waals surface area contributed by atoms with E-state index < -0.39 is 0 Å². The normalized spacial score (nSPS) is 20.1. The maximum atomic E-state index is 5.68. The number of nitrogens with zero attached hydrogens (tertiary/aromatic N) is 1. The molecule has 0 aliphatic carbocycles. The summed E-state index contributed by atoms with van der Waals surface area (Å²) >= 11 is 0. The molecule has 20 heavy (non-hydrogen) atoms. The van der Waals surface area contributed by atoms with Crippen molar-refractivity contribution >= 4 is 16.7 Å². The van der Waals surface area contributed by atoms with Gasteiger partial charge in [-0.2, -0.15) is 0 Å². The van der Waals surface area contributed by atoms with Crippen LogP contribution in [-0.2, 0) is 4.74 Å². The van der Waals surface area contributed by atoms with E-state index in [2.05, 4.69) is 24.0 Å². The number of benzene rings is 2. The molecule has 1 atom stereocenters. The van der Waals surface area contributed by atoms with Crippen molar-refractivity contribution in [2.75, 3.05) is 13.4 Å². The highest BCUT2D eigenvalue weighted by molar-refractivity contribution is 5.99. The van der Waals surface area contributed by atoms with Crippen LogP contribution in [-0.4, -0.2) is 25.3 Å². The minimum Gasteiger partial charge on any atom is -0.475 e. The Kier molecular flexibility index (Phi) is 2.55. The van der Waals surface area contributed by atoms with Gasteiger partial charge in [-0.1, -0.05) is 13.0 Å². The molecular formula is C16H15NO3. The molecule has 2 heterocycles. The summed E-state index contributed by atoms with van der Waals surface area (Å²) in [5.41, 5.74) is 1.02. The molecule has 0 saturated carbocycles. The van der Waals surface area contributed by atoms with Gasteiger partial charge in [-0.15, -0.1) is 0 Å². The van der Waals surface area contributed by atoms with Gasteiger partial charge in [-0.05, 0) is 41.5 Å². The Morgan fingerprint density at radius 2 is 1.85 bits per heavy atom. The van der Waals surface area contributed by atoms with Gasteiger partial charge in [-0.25, -0.2) is 4.99 Å². The van der Waals surface area contributed by atoms with Gasteiger partial charge in [0.2, 0.25) is 12.7 Å². The van der Waals surface area contributed by atoms with Gasteiger partial charge in [0, 0.05) is 5.56 Å². The van der Waals surface area contributed by atoms with E-state index in [4.69, 9.17) is 14.2 Å². The van der Waals surface area contributed by atoms with E-state index in [-0.39, 0.29) is 6.04 Å². The van der Waals surface area contributed by atoms with E-state index >= 15 is 0 Å². The largest absolute Gasteiger partial charge is 0.475 e. The highest BCUT2D eigenvalue weighted by Gasteiger charge is 2.19. The van der Waals surface area contributed by atoms with Gasteiger partial charge < -0.3 is 14.2 Å². The fourth-order valence-electron chi connectivity index (χ4n) is 2.55. The molecule has 0 spiro atoms. The molecule has 0 amide bonds. The summed E-state index contributed by atoms with van der Waals surface area (Å²) in [6, 6.07) is 10.5. The minimum atomic E-state index is 0.289. The van der Waals surface area contributed by atoms with E-state index in [9.17, 15) is 0 Å². The van der Waals surface area contributed by atoms with E-state index in [0.29, 0.717) is 13.4 Å². The van der Waals surface area contributed by atoms with Crippen molar-refractivity contribution in [2.24, 2.45) is 4.99 Å². The quantitative estimate of drug-likeness (QED) is 0.841. The maximum absolute atomic E-state index is 5.68. The monoisotopic (exact) mass is 269 g/mol. The first kappa shape index (κ1) is 11.6. The van der Waals surface area contributed by atoms with Crippen LogP contribution in [0, 0.1) is 0 Å². The van der Waals surface area contributed by atoms with Crippen LogP contribution in [0.5, 0.6) is 11.5 Å². The summed E-state index contributed by atoms with van der Waals surface area (Å²) in [4.78, 5) is 4.59. The van der Waals surface area contributed by atoms with Crippen LogP contribution in [0.1, 0.15) is 18.9 Å². The zero-order chi connectivity index (χ0) is 13.5. The summed E-state index contributed by atoms with van der Waals surface area (Å²) in [5, 5.41) is 2.24. The van der Waals surface area contributed by atoms with Crippen LogP contribution in [0.2, 0.25) is 0 Å². The molecule has 0 fully saturated rings. The lowest BCUT2D eigenvalue weighted by Crippen LogP contribution is -2.03. The van der Waals surface area contributed by atoms with E-state index in [1.54, 1.807) is 0 Å². The van der Waals surface area contributed by atoms with E-state index in [1.807, 2.05) is 18.2 Å². The number of hydrogen-bond acceptors (Lipinski definition) is 4. The summed E-state index contributed by atoms with van der Waals surface area (Å²) in [7, 11) is 0. The lowest BCUT2D eigenvalue weighted by molar-refractivity contribution is 0.174. The van der Waals surface area contributed by atoms with Crippen molar-refractivity contribution in [1.29, 1.82) is 0 Å². The Hall–Kier alpha value is -2.23. The Bertz CT molecular complexity index is 708. The molecular weight excluding hydrogens is 254 g/mol. The van der Waals surface area contributed by atoms with Crippen molar-refractivity contribution in [3.05, 3.63) is 35.9 Å². The second-order valence-corrected chi connectivity index (χ2v) is 5.07. The van der Waals surface area contributed by atoms with Crippen LogP contribution < -0.4 is 9.47 Å². The standard InChI is InChI=1S/C16H15NO3/c1-2-13-8-18-16(17-13)11-4-3-10-6-14-15(20-9-19-14)7-12(10)5-11/h3-7,13H,2,8-9H2,1H3/t13-/m0/s1. The van der Waals surface area contributed by atoms with Gasteiger partial charge in [0.25, 0.3) is 0 Å². The zero-order valence-corrected chi connectivity index (χ0v) is 11.3. The molecule has 2 aromatic carbocycles. The zero-order valence-electron chi connectivity index (χ0n) is 11.3. The first-order chi connectivity index (χ1) is 9.83. The van der Waals surface area contributed by atoms with Crippen LogP contribution in [0.25, 0.3) is 10.8 Å². The fraction of sp³-hybridized carbons (Fsp3) is 0.312. The highest BCUT2D eigenvalue weighted by atomic mass is 16.7. The van der Waals surface area contributed by atoms with E-state index in [1.165, 1.54) is 0 Å².